The zero-order valence-corrected chi connectivity index (χ0v) is 17.8. The smallest absolute Gasteiger partial charge is 0.243 e. The lowest BCUT2D eigenvalue weighted by Gasteiger charge is -2.22. The molecular formula is C24H26N2O3S. The first kappa shape index (κ1) is 21.7. The molecule has 3 rings (SSSR count). The van der Waals surface area contributed by atoms with Crippen molar-refractivity contribution in [3.63, 3.8) is 0 Å². The van der Waals surface area contributed by atoms with Crippen LogP contribution in [-0.2, 0) is 27.7 Å². The lowest BCUT2D eigenvalue weighted by molar-refractivity contribution is -0.116. The van der Waals surface area contributed by atoms with Crippen molar-refractivity contribution in [1.82, 2.24) is 4.31 Å². The molecule has 0 bridgehead atoms. The normalized spacial score (nSPS) is 11.4. The number of carbonyl (C=O) groups excluding carboxylic acids is 1. The van der Waals surface area contributed by atoms with Gasteiger partial charge >= 0.3 is 0 Å². The quantitative estimate of drug-likeness (QED) is 0.564. The highest BCUT2D eigenvalue weighted by atomic mass is 32.2. The maximum atomic E-state index is 13.2. The summed E-state index contributed by atoms with van der Waals surface area (Å²) >= 11 is 0. The Kier molecular flexibility index (Phi) is 7.38. The van der Waals surface area contributed by atoms with Gasteiger partial charge in [-0.2, -0.15) is 4.31 Å². The number of aryl methyl sites for hydroxylation is 1. The third-order valence-electron chi connectivity index (χ3n) is 4.84. The Labute approximate surface area is 178 Å². The van der Waals surface area contributed by atoms with Gasteiger partial charge in [0.2, 0.25) is 15.9 Å². The summed E-state index contributed by atoms with van der Waals surface area (Å²) in [4.78, 5) is 12.8. The topological polar surface area (TPSA) is 66.5 Å². The largest absolute Gasteiger partial charge is 0.325 e. The number of hydrogen-bond acceptors (Lipinski definition) is 3. The SMILES string of the molecule is CCc1ccc(NC(=O)CN(CCc2ccccc2)S(=O)(=O)c2ccccc2)cc1. The van der Waals surface area contributed by atoms with Gasteiger partial charge in [0, 0.05) is 12.2 Å². The first-order valence-electron chi connectivity index (χ1n) is 9.97. The molecule has 3 aromatic carbocycles. The number of sulfonamides is 1. The molecular weight excluding hydrogens is 396 g/mol. The second kappa shape index (κ2) is 10.2. The zero-order chi connectivity index (χ0) is 21.4. The molecule has 6 heteroatoms. The Morgan fingerprint density at radius 1 is 0.833 bits per heavy atom. The van der Waals surface area contributed by atoms with Crippen molar-refractivity contribution in [2.24, 2.45) is 0 Å². The first-order valence-corrected chi connectivity index (χ1v) is 11.4. The minimum absolute atomic E-state index is 0.179. The van der Waals surface area contributed by atoms with Gasteiger partial charge in [0.05, 0.1) is 11.4 Å². The lowest BCUT2D eigenvalue weighted by Crippen LogP contribution is -2.39. The predicted molar refractivity (Wildman–Crippen MR) is 120 cm³/mol. The highest BCUT2D eigenvalue weighted by Gasteiger charge is 2.26. The minimum atomic E-state index is -3.80. The van der Waals surface area contributed by atoms with Crippen molar-refractivity contribution in [1.29, 1.82) is 0 Å². The Hall–Kier alpha value is -2.96. The van der Waals surface area contributed by atoms with Crippen molar-refractivity contribution in [3.8, 4) is 0 Å². The molecule has 156 valence electrons. The second-order valence-electron chi connectivity index (χ2n) is 6.99. The van der Waals surface area contributed by atoms with Crippen LogP contribution in [0.5, 0.6) is 0 Å². The Morgan fingerprint density at radius 3 is 2.03 bits per heavy atom. The zero-order valence-electron chi connectivity index (χ0n) is 17.0. The van der Waals surface area contributed by atoms with Crippen LogP contribution in [-0.4, -0.2) is 31.7 Å². The van der Waals surface area contributed by atoms with Gasteiger partial charge in [-0.15, -0.1) is 0 Å². The fraction of sp³-hybridized carbons (Fsp3) is 0.208. The summed E-state index contributed by atoms with van der Waals surface area (Å²) in [5.74, 6) is -0.369. The molecule has 1 N–H and O–H groups in total. The maximum absolute atomic E-state index is 13.2. The number of nitrogens with one attached hydrogen (secondary N) is 1. The number of hydrogen-bond donors (Lipinski definition) is 1. The van der Waals surface area contributed by atoms with E-state index in [-0.39, 0.29) is 23.9 Å². The molecule has 0 heterocycles. The van der Waals surface area contributed by atoms with Crippen LogP contribution in [0.4, 0.5) is 5.69 Å². The molecule has 0 aliphatic carbocycles. The Morgan fingerprint density at radius 2 is 1.43 bits per heavy atom. The van der Waals surface area contributed by atoms with Gasteiger partial charge in [-0.1, -0.05) is 67.6 Å². The van der Waals surface area contributed by atoms with Crippen LogP contribution in [0, 0.1) is 0 Å². The monoisotopic (exact) mass is 422 g/mol. The van der Waals surface area contributed by atoms with Crippen LogP contribution in [0.3, 0.4) is 0 Å². The number of benzene rings is 3. The summed E-state index contributed by atoms with van der Waals surface area (Å²) in [6.45, 7) is 2.02. The molecule has 0 aromatic heterocycles. The average Bonchev–Trinajstić information content (AvgIpc) is 2.78. The number of nitrogens with zero attached hydrogens (tertiary/aromatic N) is 1. The summed E-state index contributed by atoms with van der Waals surface area (Å²) in [5.41, 5.74) is 2.84. The van der Waals surface area contributed by atoms with E-state index < -0.39 is 10.0 Å². The molecule has 30 heavy (non-hydrogen) atoms. The summed E-state index contributed by atoms with van der Waals surface area (Å²) in [7, 11) is -3.80. The molecule has 0 atom stereocenters. The number of rotatable bonds is 9. The fourth-order valence-corrected chi connectivity index (χ4v) is 4.53. The number of carbonyl (C=O) groups is 1. The van der Waals surface area contributed by atoms with Gasteiger partial charge < -0.3 is 5.32 Å². The number of amides is 1. The molecule has 1 amide bonds. The van der Waals surface area contributed by atoms with E-state index in [9.17, 15) is 13.2 Å². The lowest BCUT2D eigenvalue weighted by atomic mass is 10.1. The summed E-state index contributed by atoms with van der Waals surface area (Å²) in [6.07, 6.45) is 1.43. The van der Waals surface area contributed by atoms with E-state index in [4.69, 9.17) is 0 Å². The first-order chi connectivity index (χ1) is 14.5. The van der Waals surface area contributed by atoms with Crippen LogP contribution in [0.1, 0.15) is 18.1 Å². The molecule has 0 aliphatic heterocycles. The highest BCUT2D eigenvalue weighted by molar-refractivity contribution is 7.89. The van der Waals surface area contributed by atoms with Crippen molar-refractivity contribution in [3.05, 3.63) is 96.1 Å². The van der Waals surface area contributed by atoms with Crippen molar-refractivity contribution < 1.29 is 13.2 Å². The Bertz CT molecular complexity index is 1050. The number of anilines is 1. The van der Waals surface area contributed by atoms with Gasteiger partial charge in [0.15, 0.2) is 0 Å². The van der Waals surface area contributed by atoms with E-state index >= 15 is 0 Å². The predicted octanol–water partition coefficient (Wildman–Crippen LogP) is 4.12. The minimum Gasteiger partial charge on any atom is -0.325 e. The van der Waals surface area contributed by atoms with Crippen LogP contribution in [0.2, 0.25) is 0 Å². The van der Waals surface area contributed by atoms with Crippen LogP contribution in [0.25, 0.3) is 0 Å². The van der Waals surface area contributed by atoms with E-state index in [2.05, 4.69) is 12.2 Å². The standard InChI is InChI=1S/C24H26N2O3S/c1-2-20-13-15-22(16-14-20)25-24(27)19-26(18-17-21-9-5-3-6-10-21)30(28,29)23-11-7-4-8-12-23/h3-16H,2,17-19H2,1H3,(H,25,27). The van der Waals surface area contributed by atoms with E-state index in [1.807, 2.05) is 54.6 Å². The highest BCUT2D eigenvalue weighted by Crippen LogP contribution is 2.17. The molecule has 3 aromatic rings. The van der Waals surface area contributed by atoms with Crippen LogP contribution in [0.15, 0.2) is 89.8 Å². The molecule has 0 spiro atoms. The summed E-state index contributed by atoms with van der Waals surface area (Å²) in [5, 5.41) is 2.80. The average molecular weight is 423 g/mol. The van der Waals surface area contributed by atoms with Crippen molar-refractivity contribution in [2.75, 3.05) is 18.4 Å². The van der Waals surface area contributed by atoms with Gasteiger partial charge in [-0.05, 0) is 48.2 Å². The third kappa shape index (κ3) is 5.78. The van der Waals surface area contributed by atoms with Gasteiger partial charge in [-0.3, -0.25) is 4.79 Å². The molecule has 0 unspecified atom stereocenters. The Balaban J connectivity index is 1.76. The van der Waals surface area contributed by atoms with Crippen molar-refractivity contribution >= 4 is 21.6 Å². The third-order valence-corrected chi connectivity index (χ3v) is 6.70. The van der Waals surface area contributed by atoms with E-state index in [1.54, 1.807) is 30.3 Å². The van der Waals surface area contributed by atoms with Gasteiger partial charge in [0.25, 0.3) is 0 Å². The molecule has 0 saturated heterocycles. The molecule has 0 saturated carbocycles. The van der Waals surface area contributed by atoms with E-state index in [0.29, 0.717) is 12.1 Å². The van der Waals surface area contributed by atoms with Gasteiger partial charge in [-0.25, -0.2) is 8.42 Å². The van der Waals surface area contributed by atoms with Crippen LogP contribution >= 0.6 is 0 Å². The summed E-state index contributed by atoms with van der Waals surface area (Å²) < 4.78 is 27.6. The van der Waals surface area contributed by atoms with Crippen LogP contribution < -0.4 is 5.32 Å². The molecule has 0 aliphatic rings. The molecule has 0 radical (unpaired) electrons. The summed E-state index contributed by atoms with van der Waals surface area (Å²) in [6, 6.07) is 25.4. The molecule has 0 fully saturated rings. The maximum Gasteiger partial charge on any atom is 0.243 e. The molecule has 5 nitrogen and oxygen atoms in total. The van der Waals surface area contributed by atoms with Gasteiger partial charge in [0.1, 0.15) is 0 Å². The second-order valence-corrected chi connectivity index (χ2v) is 8.92. The van der Waals surface area contributed by atoms with E-state index in [0.717, 1.165) is 12.0 Å². The van der Waals surface area contributed by atoms with E-state index in [1.165, 1.54) is 9.87 Å². The fourth-order valence-electron chi connectivity index (χ4n) is 3.11. The van der Waals surface area contributed by atoms with Crippen molar-refractivity contribution in [2.45, 2.75) is 24.7 Å².